The van der Waals surface area contributed by atoms with E-state index < -0.39 is 0 Å². The molecular formula is C17H27N3O2. The molecule has 0 N–H and O–H groups in total. The number of rotatable bonds is 8. The van der Waals surface area contributed by atoms with E-state index in [-0.39, 0.29) is 11.8 Å². The first-order valence-electron chi connectivity index (χ1n) is 7.78. The van der Waals surface area contributed by atoms with Crippen molar-refractivity contribution in [1.29, 1.82) is 0 Å². The highest BCUT2D eigenvalue weighted by molar-refractivity contribution is 5.78. The van der Waals surface area contributed by atoms with E-state index in [0.717, 1.165) is 6.42 Å². The molecule has 0 bridgehead atoms. The number of amides is 2. The highest BCUT2D eigenvalue weighted by Crippen LogP contribution is 2.04. The van der Waals surface area contributed by atoms with E-state index in [1.54, 1.807) is 29.1 Å². The standard InChI is InChI=1S/C17H27N3O2/c1-14(2)13-20(15(3)21)12-8-17(22)19(4)11-7-16-5-9-18-10-6-16/h5-6,9-10,14H,7-8,11-13H2,1-4H3. The normalized spacial score (nSPS) is 10.6. The van der Waals surface area contributed by atoms with E-state index in [1.165, 1.54) is 5.56 Å². The molecule has 1 heterocycles. The molecule has 0 fully saturated rings. The Hall–Kier alpha value is -1.91. The number of carbonyl (C=O) groups excluding carboxylic acids is 2. The summed E-state index contributed by atoms with van der Waals surface area (Å²) in [5.74, 6) is 0.508. The van der Waals surface area contributed by atoms with E-state index in [2.05, 4.69) is 18.8 Å². The van der Waals surface area contributed by atoms with Crippen molar-refractivity contribution in [2.45, 2.75) is 33.6 Å². The summed E-state index contributed by atoms with van der Waals surface area (Å²) < 4.78 is 0. The summed E-state index contributed by atoms with van der Waals surface area (Å²) in [5, 5.41) is 0. The van der Waals surface area contributed by atoms with Crippen molar-refractivity contribution in [3.05, 3.63) is 30.1 Å². The number of hydrogen-bond donors (Lipinski definition) is 0. The molecule has 0 aliphatic carbocycles. The molecule has 5 heteroatoms. The molecule has 0 aliphatic heterocycles. The minimum atomic E-state index is 0.0286. The van der Waals surface area contributed by atoms with Crippen LogP contribution in [0.4, 0.5) is 0 Å². The van der Waals surface area contributed by atoms with Gasteiger partial charge < -0.3 is 9.80 Å². The zero-order valence-corrected chi connectivity index (χ0v) is 14.1. The lowest BCUT2D eigenvalue weighted by Gasteiger charge is -2.24. The second-order valence-electron chi connectivity index (χ2n) is 6.03. The van der Waals surface area contributed by atoms with Crippen molar-refractivity contribution in [3.63, 3.8) is 0 Å². The van der Waals surface area contributed by atoms with Crippen molar-refractivity contribution in [3.8, 4) is 0 Å². The van der Waals surface area contributed by atoms with Crippen LogP contribution in [0.3, 0.4) is 0 Å². The molecule has 22 heavy (non-hydrogen) atoms. The van der Waals surface area contributed by atoms with E-state index in [1.807, 2.05) is 19.2 Å². The second-order valence-corrected chi connectivity index (χ2v) is 6.03. The Bertz CT molecular complexity index is 474. The topological polar surface area (TPSA) is 53.5 Å². The third kappa shape index (κ3) is 6.70. The molecule has 1 aromatic rings. The van der Waals surface area contributed by atoms with E-state index in [9.17, 15) is 9.59 Å². The van der Waals surface area contributed by atoms with Crippen LogP contribution in [0.2, 0.25) is 0 Å². The van der Waals surface area contributed by atoms with Gasteiger partial charge in [-0.1, -0.05) is 13.8 Å². The van der Waals surface area contributed by atoms with Gasteiger partial charge in [-0.05, 0) is 30.0 Å². The molecule has 5 nitrogen and oxygen atoms in total. The van der Waals surface area contributed by atoms with Crippen LogP contribution in [0.15, 0.2) is 24.5 Å². The van der Waals surface area contributed by atoms with Crippen molar-refractivity contribution in [2.24, 2.45) is 5.92 Å². The third-order valence-corrected chi connectivity index (χ3v) is 3.54. The highest BCUT2D eigenvalue weighted by atomic mass is 16.2. The molecule has 0 atom stereocenters. The number of hydrogen-bond acceptors (Lipinski definition) is 3. The summed E-state index contributed by atoms with van der Waals surface area (Å²) in [5.41, 5.74) is 1.17. The van der Waals surface area contributed by atoms with Crippen LogP contribution in [-0.2, 0) is 16.0 Å². The van der Waals surface area contributed by atoms with Gasteiger partial charge in [-0.3, -0.25) is 14.6 Å². The second kappa shape index (κ2) is 9.18. The fraction of sp³-hybridized carbons (Fsp3) is 0.588. The fourth-order valence-corrected chi connectivity index (χ4v) is 2.21. The molecule has 0 aromatic carbocycles. The average molecular weight is 305 g/mol. The summed E-state index contributed by atoms with van der Waals surface area (Å²) in [6.07, 6.45) is 4.70. The molecule has 1 rings (SSSR count). The SMILES string of the molecule is CC(=O)N(CCC(=O)N(C)CCc1ccncc1)CC(C)C. The largest absolute Gasteiger partial charge is 0.345 e. The van der Waals surface area contributed by atoms with Crippen LogP contribution in [0, 0.1) is 5.92 Å². The Morgan fingerprint density at radius 2 is 1.82 bits per heavy atom. The van der Waals surface area contributed by atoms with Crippen LogP contribution < -0.4 is 0 Å². The smallest absolute Gasteiger partial charge is 0.224 e. The minimum absolute atomic E-state index is 0.0286. The monoisotopic (exact) mass is 305 g/mol. The first-order chi connectivity index (χ1) is 10.4. The van der Waals surface area contributed by atoms with Gasteiger partial charge in [0.25, 0.3) is 0 Å². The predicted molar refractivity (Wildman–Crippen MR) is 87.3 cm³/mol. The molecule has 0 radical (unpaired) electrons. The number of carbonyl (C=O) groups is 2. The van der Waals surface area contributed by atoms with Crippen LogP contribution in [0.25, 0.3) is 0 Å². The fourth-order valence-electron chi connectivity index (χ4n) is 2.21. The molecule has 122 valence electrons. The number of pyridine rings is 1. The van der Waals surface area contributed by atoms with Gasteiger partial charge in [0.05, 0.1) is 0 Å². The first-order valence-corrected chi connectivity index (χ1v) is 7.78. The zero-order valence-electron chi connectivity index (χ0n) is 14.1. The maximum Gasteiger partial charge on any atom is 0.224 e. The van der Waals surface area contributed by atoms with Crippen molar-refractivity contribution in [2.75, 3.05) is 26.7 Å². The van der Waals surface area contributed by atoms with Gasteiger partial charge in [0, 0.05) is 52.4 Å². The third-order valence-electron chi connectivity index (χ3n) is 3.54. The molecule has 1 aromatic heterocycles. The Morgan fingerprint density at radius 3 is 2.36 bits per heavy atom. The van der Waals surface area contributed by atoms with Gasteiger partial charge in [-0.25, -0.2) is 0 Å². The Balaban J connectivity index is 2.38. The van der Waals surface area contributed by atoms with Crippen LogP contribution in [-0.4, -0.2) is 53.3 Å². The first kappa shape index (κ1) is 18.1. The van der Waals surface area contributed by atoms with Crippen molar-refractivity contribution < 1.29 is 9.59 Å². The van der Waals surface area contributed by atoms with Gasteiger partial charge in [0.2, 0.25) is 11.8 Å². The summed E-state index contributed by atoms with van der Waals surface area (Å²) in [4.78, 5) is 31.2. The zero-order chi connectivity index (χ0) is 16.5. The lowest BCUT2D eigenvalue weighted by molar-refractivity contribution is -0.132. The molecule has 0 saturated carbocycles. The van der Waals surface area contributed by atoms with E-state index in [0.29, 0.717) is 32.0 Å². The molecule has 0 spiro atoms. The van der Waals surface area contributed by atoms with Gasteiger partial charge in [0.1, 0.15) is 0 Å². The Morgan fingerprint density at radius 1 is 1.18 bits per heavy atom. The van der Waals surface area contributed by atoms with E-state index in [4.69, 9.17) is 0 Å². The van der Waals surface area contributed by atoms with Gasteiger partial charge in [-0.2, -0.15) is 0 Å². The lowest BCUT2D eigenvalue weighted by atomic mass is 10.2. The minimum Gasteiger partial charge on any atom is -0.345 e. The summed E-state index contributed by atoms with van der Waals surface area (Å²) in [6.45, 7) is 7.56. The molecule has 0 aliphatic rings. The van der Waals surface area contributed by atoms with Crippen LogP contribution in [0.1, 0.15) is 32.8 Å². The van der Waals surface area contributed by atoms with Gasteiger partial charge >= 0.3 is 0 Å². The highest BCUT2D eigenvalue weighted by Gasteiger charge is 2.14. The Labute approximate surface area is 133 Å². The quantitative estimate of drug-likeness (QED) is 0.738. The van der Waals surface area contributed by atoms with Crippen LogP contribution >= 0.6 is 0 Å². The molecule has 0 unspecified atom stereocenters. The Kier molecular flexibility index (Phi) is 7.57. The maximum atomic E-state index is 12.2. The van der Waals surface area contributed by atoms with Crippen molar-refractivity contribution in [1.82, 2.24) is 14.8 Å². The number of likely N-dealkylation sites (N-methyl/N-ethyl adjacent to an activating group) is 1. The predicted octanol–water partition coefficient (Wildman–Crippen LogP) is 1.98. The average Bonchev–Trinajstić information content (AvgIpc) is 2.49. The lowest BCUT2D eigenvalue weighted by Crippen LogP contribution is -2.37. The van der Waals surface area contributed by atoms with Gasteiger partial charge in [-0.15, -0.1) is 0 Å². The number of nitrogens with zero attached hydrogens (tertiary/aromatic N) is 3. The number of aromatic nitrogens is 1. The molecular weight excluding hydrogens is 278 g/mol. The summed E-state index contributed by atoms with van der Waals surface area (Å²) in [7, 11) is 1.81. The molecule has 0 saturated heterocycles. The maximum absolute atomic E-state index is 12.2. The summed E-state index contributed by atoms with van der Waals surface area (Å²) in [6, 6.07) is 3.91. The van der Waals surface area contributed by atoms with Crippen LogP contribution in [0.5, 0.6) is 0 Å². The molecule has 2 amide bonds. The van der Waals surface area contributed by atoms with Crippen molar-refractivity contribution >= 4 is 11.8 Å². The van der Waals surface area contributed by atoms with Gasteiger partial charge in [0.15, 0.2) is 0 Å². The van der Waals surface area contributed by atoms with E-state index >= 15 is 0 Å². The summed E-state index contributed by atoms with van der Waals surface area (Å²) >= 11 is 0.